The van der Waals surface area contributed by atoms with Crippen LogP contribution in [0.2, 0.25) is 0 Å². The van der Waals surface area contributed by atoms with Crippen LogP contribution in [0.25, 0.3) is 0 Å². The first-order chi connectivity index (χ1) is 7.40. The second-order valence-electron chi connectivity index (χ2n) is 3.36. The summed E-state index contributed by atoms with van der Waals surface area (Å²) in [4.78, 5) is 41.4. The SMILES string of the molecule is CCCC(C(C)=O)=C(C)C(=O)OOC(C)=O. The standard InChI is InChI=1S/C11H16O5/c1-5-6-10(8(3)12)7(2)11(14)16-15-9(4)13/h5-6H2,1-4H3. The molecule has 0 aliphatic carbocycles. The van der Waals surface area contributed by atoms with E-state index in [4.69, 9.17) is 0 Å². The van der Waals surface area contributed by atoms with E-state index in [1.165, 1.54) is 13.8 Å². The van der Waals surface area contributed by atoms with Gasteiger partial charge in [-0.2, -0.15) is 0 Å². The molecular formula is C11H16O5. The van der Waals surface area contributed by atoms with Crippen LogP contribution in [-0.4, -0.2) is 17.7 Å². The molecule has 5 nitrogen and oxygen atoms in total. The molecule has 0 aromatic carbocycles. The van der Waals surface area contributed by atoms with Crippen LogP contribution in [0, 0.1) is 0 Å². The zero-order valence-corrected chi connectivity index (χ0v) is 9.96. The molecule has 0 amide bonds. The van der Waals surface area contributed by atoms with Crippen molar-refractivity contribution in [3.05, 3.63) is 11.1 Å². The van der Waals surface area contributed by atoms with E-state index in [2.05, 4.69) is 9.78 Å². The molecule has 0 rings (SSSR count). The molecule has 0 saturated heterocycles. The Morgan fingerprint density at radius 3 is 1.94 bits per heavy atom. The Kier molecular flexibility index (Phi) is 6.07. The summed E-state index contributed by atoms with van der Waals surface area (Å²) < 4.78 is 0. The van der Waals surface area contributed by atoms with Crippen LogP contribution in [0.1, 0.15) is 40.5 Å². The maximum absolute atomic E-state index is 11.4. The van der Waals surface area contributed by atoms with E-state index < -0.39 is 11.9 Å². The molecule has 0 radical (unpaired) electrons. The van der Waals surface area contributed by atoms with E-state index in [-0.39, 0.29) is 11.4 Å². The Hall–Kier alpha value is -1.65. The largest absolute Gasteiger partial charge is 0.382 e. The number of carbonyl (C=O) groups is 3. The second kappa shape index (κ2) is 6.76. The number of carbonyl (C=O) groups excluding carboxylic acids is 3. The lowest BCUT2D eigenvalue weighted by Gasteiger charge is -2.06. The van der Waals surface area contributed by atoms with Crippen molar-refractivity contribution in [1.82, 2.24) is 0 Å². The van der Waals surface area contributed by atoms with Gasteiger partial charge in [0.1, 0.15) is 0 Å². The van der Waals surface area contributed by atoms with Gasteiger partial charge < -0.3 is 0 Å². The number of hydrogen-bond donors (Lipinski definition) is 0. The molecule has 0 saturated carbocycles. The molecule has 0 atom stereocenters. The number of hydrogen-bond acceptors (Lipinski definition) is 5. The molecule has 0 aromatic heterocycles. The summed E-state index contributed by atoms with van der Waals surface area (Å²) in [6.45, 7) is 5.86. The molecule has 5 heteroatoms. The summed E-state index contributed by atoms with van der Waals surface area (Å²) in [6, 6.07) is 0. The molecule has 90 valence electrons. The zero-order valence-electron chi connectivity index (χ0n) is 9.96. The highest BCUT2D eigenvalue weighted by Crippen LogP contribution is 2.13. The van der Waals surface area contributed by atoms with Gasteiger partial charge in [-0.1, -0.05) is 13.3 Å². The maximum atomic E-state index is 11.4. The van der Waals surface area contributed by atoms with Crippen LogP contribution in [0.5, 0.6) is 0 Å². The Labute approximate surface area is 94.3 Å². The first kappa shape index (κ1) is 14.3. The lowest BCUT2D eigenvalue weighted by Crippen LogP contribution is -2.13. The van der Waals surface area contributed by atoms with Gasteiger partial charge in [0, 0.05) is 18.1 Å². The van der Waals surface area contributed by atoms with Crippen LogP contribution < -0.4 is 0 Å². The normalized spacial score (nSPS) is 11.5. The van der Waals surface area contributed by atoms with E-state index in [1.807, 2.05) is 6.92 Å². The minimum absolute atomic E-state index is 0.176. The molecule has 0 spiro atoms. The van der Waals surface area contributed by atoms with Crippen LogP contribution >= 0.6 is 0 Å². The summed E-state index contributed by atoms with van der Waals surface area (Å²) in [5.74, 6) is -1.71. The molecule has 0 aromatic rings. The van der Waals surface area contributed by atoms with Crippen LogP contribution in [0.4, 0.5) is 0 Å². The topological polar surface area (TPSA) is 69.7 Å². The maximum Gasteiger partial charge on any atom is 0.382 e. The lowest BCUT2D eigenvalue weighted by atomic mass is 10.0. The van der Waals surface area contributed by atoms with E-state index >= 15 is 0 Å². The Balaban J connectivity index is 4.74. The molecule has 0 N–H and O–H groups in total. The molecular weight excluding hydrogens is 212 g/mol. The van der Waals surface area contributed by atoms with Crippen LogP contribution in [0.3, 0.4) is 0 Å². The monoisotopic (exact) mass is 228 g/mol. The third-order valence-corrected chi connectivity index (χ3v) is 1.92. The van der Waals surface area contributed by atoms with E-state index in [1.54, 1.807) is 0 Å². The second-order valence-corrected chi connectivity index (χ2v) is 3.36. The first-order valence-corrected chi connectivity index (χ1v) is 5.00. The molecule has 16 heavy (non-hydrogen) atoms. The van der Waals surface area contributed by atoms with Crippen LogP contribution in [0.15, 0.2) is 11.1 Å². The Morgan fingerprint density at radius 2 is 1.56 bits per heavy atom. The van der Waals surface area contributed by atoms with Gasteiger partial charge >= 0.3 is 11.9 Å². The van der Waals surface area contributed by atoms with Gasteiger partial charge in [0.25, 0.3) is 0 Å². The van der Waals surface area contributed by atoms with Gasteiger partial charge in [0.05, 0.1) is 0 Å². The number of ketones is 1. The highest BCUT2D eigenvalue weighted by atomic mass is 17.2. The number of rotatable bonds is 4. The highest BCUT2D eigenvalue weighted by Gasteiger charge is 2.16. The number of Topliss-reactive ketones (excluding diaryl/α,β-unsaturated/α-hetero) is 1. The highest BCUT2D eigenvalue weighted by molar-refractivity contribution is 6.02. The molecule has 0 aliphatic heterocycles. The molecule has 0 unspecified atom stereocenters. The van der Waals surface area contributed by atoms with E-state index in [0.29, 0.717) is 12.0 Å². The summed E-state index contributed by atoms with van der Waals surface area (Å²) >= 11 is 0. The predicted molar refractivity (Wildman–Crippen MR) is 56.1 cm³/mol. The Morgan fingerprint density at radius 1 is 1.00 bits per heavy atom. The molecule has 0 bridgehead atoms. The van der Waals surface area contributed by atoms with Gasteiger partial charge in [-0.15, -0.1) is 0 Å². The summed E-state index contributed by atoms with van der Waals surface area (Å²) in [5, 5.41) is 0. The van der Waals surface area contributed by atoms with Crippen molar-refractivity contribution < 1.29 is 24.2 Å². The smallest absolute Gasteiger partial charge is 0.295 e. The predicted octanol–water partition coefficient (Wildman–Crippen LogP) is 1.71. The minimum Gasteiger partial charge on any atom is -0.295 e. The molecule has 0 heterocycles. The van der Waals surface area contributed by atoms with Gasteiger partial charge in [-0.25, -0.2) is 19.4 Å². The van der Waals surface area contributed by atoms with Gasteiger partial charge in [-0.3, -0.25) is 4.79 Å². The van der Waals surface area contributed by atoms with E-state index in [9.17, 15) is 14.4 Å². The third kappa shape index (κ3) is 4.72. The molecule has 0 aliphatic rings. The van der Waals surface area contributed by atoms with Crippen molar-refractivity contribution in [1.29, 1.82) is 0 Å². The fraction of sp³-hybridized carbons (Fsp3) is 0.545. The fourth-order valence-corrected chi connectivity index (χ4v) is 1.16. The minimum atomic E-state index is -0.811. The molecule has 0 fully saturated rings. The van der Waals surface area contributed by atoms with Crippen molar-refractivity contribution in [2.75, 3.05) is 0 Å². The Bertz CT molecular complexity index is 327. The average molecular weight is 228 g/mol. The average Bonchev–Trinajstić information content (AvgIpc) is 2.20. The van der Waals surface area contributed by atoms with Crippen molar-refractivity contribution >= 4 is 17.7 Å². The summed E-state index contributed by atoms with van der Waals surface area (Å²) in [7, 11) is 0. The van der Waals surface area contributed by atoms with Crippen molar-refractivity contribution in [3.63, 3.8) is 0 Å². The van der Waals surface area contributed by atoms with E-state index in [0.717, 1.165) is 13.3 Å². The quantitative estimate of drug-likeness (QED) is 0.416. The first-order valence-electron chi connectivity index (χ1n) is 5.00. The summed E-state index contributed by atoms with van der Waals surface area (Å²) in [5.41, 5.74) is 0.579. The van der Waals surface area contributed by atoms with Crippen molar-refractivity contribution in [2.45, 2.75) is 40.5 Å². The van der Waals surface area contributed by atoms with Gasteiger partial charge in [0.15, 0.2) is 5.78 Å². The van der Waals surface area contributed by atoms with Gasteiger partial charge in [-0.05, 0) is 20.3 Å². The summed E-state index contributed by atoms with van der Waals surface area (Å²) in [6.07, 6.45) is 1.24. The van der Waals surface area contributed by atoms with Crippen LogP contribution in [-0.2, 0) is 24.2 Å². The van der Waals surface area contributed by atoms with Gasteiger partial charge in [0.2, 0.25) is 0 Å². The number of allylic oxidation sites excluding steroid dienone is 1. The third-order valence-electron chi connectivity index (χ3n) is 1.92. The fourth-order valence-electron chi connectivity index (χ4n) is 1.16. The lowest BCUT2D eigenvalue weighted by molar-refractivity contribution is -0.253. The van der Waals surface area contributed by atoms with Crippen molar-refractivity contribution in [2.24, 2.45) is 0 Å². The zero-order chi connectivity index (χ0) is 12.7. The van der Waals surface area contributed by atoms with Crippen molar-refractivity contribution in [3.8, 4) is 0 Å².